The lowest BCUT2D eigenvalue weighted by Gasteiger charge is -2.07. The Kier molecular flexibility index (Phi) is 6.21. The summed E-state index contributed by atoms with van der Waals surface area (Å²) in [4.78, 5) is 4.79. The van der Waals surface area contributed by atoms with Gasteiger partial charge in [-0.1, -0.05) is 32.8 Å². The van der Waals surface area contributed by atoms with E-state index in [1.54, 1.807) is 0 Å². The van der Waals surface area contributed by atoms with Gasteiger partial charge in [0.2, 0.25) is 0 Å². The van der Waals surface area contributed by atoms with Crippen LogP contribution in [0.5, 0.6) is 0 Å². The average molecular weight is 388 g/mol. The molecule has 0 unspecified atom stereocenters. The number of rotatable bonds is 8. The lowest BCUT2D eigenvalue weighted by Crippen LogP contribution is -2.05. The van der Waals surface area contributed by atoms with E-state index in [1.807, 2.05) is 52.1 Å². The van der Waals surface area contributed by atoms with Crippen molar-refractivity contribution in [2.45, 2.75) is 52.6 Å². The van der Waals surface area contributed by atoms with Gasteiger partial charge in [0.15, 0.2) is 9.54 Å². The second-order valence-electron chi connectivity index (χ2n) is 6.35. The Morgan fingerprint density at radius 2 is 1.23 bits per heavy atom. The zero-order valence-electron chi connectivity index (χ0n) is 15.3. The highest BCUT2D eigenvalue weighted by Gasteiger charge is 2.07. The average Bonchev–Trinajstić information content (AvgIpc) is 3.21. The van der Waals surface area contributed by atoms with E-state index in [0.29, 0.717) is 0 Å². The van der Waals surface area contributed by atoms with Gasteiger partial charge in [-0.3, -0.25) is 9.13 Å². The fraction of sp³-hybridized carbons (Fsp3) is 0.421. The maximum atomic E-state index is 5.61. The van der Waals surface area contributed by atoms with Crippen LogP contribution in [-0.4, -0.2) is 23.3 Å². The predicted octanol–water partition coefficient (Wildman–Crippen LogP) is 5.33. The topological polar surface area (TPSA) is 32.6 Å². The van der Waals surface area contributed by atoms with Crippen molar-refractivity contribution in [3.05, 3.63) is 52.5 Å². The van der Waals surface area contributed by atoms with Gasteiger partial charge in [-0.15, -0.1) is 0 Å². The molecule has 3 rings (SSSR count). The minimum absolute atomic E-state index is 0.771. The number of pyridine rings is 1. The molecule has 0 aliphatic carbocycles. The summed E-state index contributed by atoms with van der Waals surface area (Å²) in [6, 6.07) is 5.94. The van der Waals surface area contributed by atoms with E-state index < -0.39 is 0 Å². The van der Waals surface area contributed by atoms with Crippen molar-refractivity contribution in [3.63, 3.8) is 0 Å². The van der Waals surface area contributed by atoms with Crippen molar-refractivity contribution in [2.24, 2.45) is 0 Å². The standard InChI is InChI=1S/C19H25N5S2/c1-3-5-10-21-12-14-23(18(21)25)16-8-7-9-17(20-16)24-15-13-22(19(24)26)11-6-4-2/h7-9,12-15H,3-6,10-11H2,1-2H3. The predicted molar refractivity (Wildman–Crippen MR) is 110 cm³/mol. The third-order valence-electron chi connectivity index (χ3n) is 4.41. The Labute approximate surface area is 164 Å². The molecule has 0 amide bonds. The molecule has 0 saturated carbocycles. The normalized spacial score (nSPS) is 11.2. The molecule has 0 saturated heterocycles. The van der Waals surface area contributed by atoms with Gasteiger partial charge in [-0.25, -0.2) is 4.98 Å². The molecular formula is C19H25N5S2. The molecule has 0 spiro atoms. The highest BCUT2D eigenvalue weighted by molar-refractivity contribution is 7.71. The minimum Gasteiger partial charge on any atom is -0.323 e. The summed E-state index contributed by atoms with van der Waals surface area (Å²) in [6.45, 7) is 6.24. The third kappa shape index (κ3) is 3.88. The molecule has 0 radical (unpaired) electrons. The van der Waals surface area contributed by atoms with E-state index in [-0.39, 0.29) is 0 Å². The molecule has 26 heavy (non-hydrogen) atoms. The van der Waals surface area contributed by atoms with E-state index in [4.69, 9.17) is 29.4 Å². The molecule has 0 aromatic carbocycles. The van der Waals surface area contributed by atoms with Crippen LogP contribution in [0.1, 0.15) is 39.5 Å². The maximum absolute atomic E-state index is 5.61. The molecule has 3 heterocycles. The Morgan fingerprint density at radius 1 is 0.769 bits per heavy atom. The first-order chi connectivity index (χ1) is 12.7. The van der Waals surface area contributed by atoms with Gasteiger partial charge in [0.25, 0.3) is 0 Å². The van der Waals surface area contributed by atoms with E-state index in [0.717, 1.165) is 60.0 Å². The van der Waals surface area contributed by atoms with Crippen molar-refractivity contribution < 1.29 is 0 Å². The van der Waals surface area contributed by atoms with Crippen LogP contribution >= 0.6 is 24.4 Å². The molecule has 3 aromatic rings. The third-order valence-corrected chi connectivity index (χ3v) is 5.28. The maximum Gasteiger partial charge on any atom is 0.185 e. The molecule has 0 N–H and O–H groups in total. The van der Waals surface area contributed by atoms with Crippen molar-refractivity contribution in [2.75, 3.05) is 0 Å². The Balaban J connectivity index is 1.92. The Morgan fingerprint density at radius 3 is 1.65 bits per heavy atom. The monoisotopic (exact) mass is 387 g/mol. The highest BCUT2D eigenvalue weighted by atomic mass is 32.1. The van der Waals surface area contributed by atoms with Crippen LogP contribution in [0.3, 0.4) is 0 Å². The summed E-state index contributed by atoms with van der Waals surface area (Å²) in [6.07, 6.45) is 12.5. The number of hydrogen-bond donors (Lipinski definition) is 0. The van der Waals surface area contributed by atoms with E-state index in [9.17, 15) is 0 Å². The summed E-state index contributed by atoms with van der Waals surface area (Å²) in [5, 5.41) is 0. The summed E-state index contributed by atoms with van der Waals surface area (Å²) in [5.41, 5.74) is 0. The first-order valence-electron chi connectivity index (χ1n) is 9.19. The van der Waals surface area contributed by atoms with Crippen LogP contribution in [0.2, 0.25) is 0 Å². The van der Waals surface area contributed by atoms with Gasteiger partial charge in [0, 0.05) is 37.9 Å². The van der Waals surface area contributed by atoms with E-state index in [2.05, 4.69) is 23.0 Å². The second-order valence-corrected chi connectivity index (χ2v) is 7.08. The van der Waals surface area contributed by atoms with Crippen LogP contribution in [0.25, 0.3) is 11.6 Å². The summed E-state index contributed by atoms with van der Waals surface area (Å²) < 4.78 is 9.64. The zero-order valence-corrected chi connectivity index (χ0v) is 17.0. The summed E-state index contributed by atoms with van der Waals surface area (Å²) in [5.74, 6) is 1.62. The van der Waals surface area contributed by atoms with Crippen molar-refractivity contribution >= 4 is 24.4 Å². The molecule has 0 fully saturated rings. The summed E-state index contributed by atoms with van der Waals surface area (Å²) >= 11 is 11.2. The number of imidazole rings is 2. The SMILES string of the molecule is CCCCn1ccn(-c2cccc(-n3ccn(CCCC)c3=S)n2)c1=S. The number of unbranched alkanes of at least 4 members (excludes halogenated alkanes) is 2. The highest BCUT2D eigenvalue weighted by Crippen LogP contribution is 2.13. The minimum atomic E-state index is 0.771. The van der Waals surface area contributed by atoms with Gasteiger partial charge >= 0.3 is 0 Å². The van der Waals surface area contributed by atoms with Gasteiger partial charge in [0.1, 0.15) is 11.6 Å². The fourth-order valence-electron chi connectivity index (χ4n) is 2.85. The molecule has 3 aromatic heterocycles. The van der Waals surface area contributed by atoms with Crippen molar-refractivity contribution in [3.8, 4) is 11.6 Å². The largest absolute Gasteiger partial charge is 0.323 e. The fourth-order valence-corrected chi connectivity index (χ4v) is 3.47. The van der Waals surface area contributed by atoms with Gasteiger partial charge in [0.05, 0.1) is 0 Å². The lowest BCUT2D eigenvalue weighted by atomic mass is 10.3. The van der Waals surface area contributed by atoms with Crippen LogP contribution in [-0.2, 0) is 13.1 Å². The van der Waals surface area contributed by atoms with Crippen molar-refractivity contribution in [1.29, 1.82) is 0 Å². The molecule has 0 atom stereocenters. The van der Waals surface area contributed by atoms with E-state index in [1.165, 1.54) is 0 Å². The molecule has 0 aliphatic rings. The quantitative estimate of drug-likeness (QED) is 0.490. The molecule has 5 nitrogen and oxygen atoms in total. The van der Waals surface area contributed by atoms with Crippen LogP contribution in [0, 0.1) is 9.54 Å². The smallest absolute Gasteiger partial charge is 0.185 e. The molecule has 7 heteroatoms. The molecule has 138 valence electrons. The molecule has 0 aliphatic heterocycles. The van der Waals surface area contributed by atoms with Crippen molar-refractivity contribution in [1.82, 2.24) is 23.3 Å². The number of aryl methyl sites for hydroxylation is 2. The van der Waals surface area contributed by atoms with Crippen LogP contribution in [0.4, 0.5) is 0 Å². The molecule has 0 bridgehead atoms. The van der Waals surface area contributed by atoms with E-state index >= 15 is 0 Å². The van der Waals surface area contributed by atoms with Gasteiger partial charge < -0.3 is 9.13 Å². The Bertz CT molecular complexity index is 901. The first kappa shape index (κ1) is 18.8. The van der Waals surface area contributed by atoms with Gasteiger partial charge in [-0.2, -0.15) is 0 Å². The lowest BCUT2D eigenvalue weighted by molar-refractivity contribution is 0.618. The number of nitrogens with zero attached hydrogens (tertiary/aromatic N) is 5. The Hall–Kier alpha value is -1.99. The number of hydrogen-bond acceptors (Lipinski definition) is 3. The second kappa shape index (κ2) is 8.60. The van der Waals surface area contributed by atoms with Gasteiger partial charge in [-0.05, 0) is 49.4 Å². The number of aromatic nitrogens is 5. The van der Waals surface area contributed by atoms with Crippen LogP contribution in [0.15, 0.2) is 43.0 Å². The summed E-state index contributed by atoms with van der Waals surface area (Å²) in [7, 11) is 0. The first-order valence-corrected chi connectivity index (χ1v) is 10.0. The molecular weight excluding hydrogens is 362 g/mol. The van der Waals surface area contributed by atoms with Crippen LogP contribution < -0.4 is 0 Å². The zero-order chi connectivity index (χ0) is 18.5.